The van der Waals surface area contributed by atoms with E-state index in [4.69, 9.17) is 4.74 Å². The average Bonchev–Trinajstić information content (AvgIpc) is 2.22. The number of hydrogen-bond donors (Lipinski definition) is 1. The van der Waals surface area contributed by atoms with Gasteiger partial charge in [-0.2, -0.15) is 13.2 Å². The normalized spacial score (nSPS) is 32.5. The standard InChI is InChI=1S/C12H22F3NO/c1-9-4-6-11(7-5-9,8-16-3)17-10(2)12(13,14)15/h9-10,16H,4-8H2,1-3H3. The first kappa shape index (κ1) is 14.8. The molecule has 1 aliphatic rings. The van der Waals surface area contributed by atoms with Crippen molar-refractivity contribution in [1.29, 1.82) is 0 Å². The van der Waals surface area contributed by atoms with E-state index in [1.807, 2.05) is 0 Å². The summed E-state index contributed by atoms with van der Waals surface area (Å²) in [5.74, 6) is 0.588. The summed E-state index contributed by atoms with van der Waals surface area (Å²) in [5.41, 5.74) is -0.643. The summed E-state index contributed by atoms with van der Waals surface area (Å²) < 4.78 is 43.0. The minimum atomic E-state index is -4.27. The molecule has 0 bridgehead atoms. The van der Waals surface area contributed by atoms with Gasteiger partial charge in [-0.15, -0.1) is 0 Å². The number of nitrogens with one attached hydrogen (secondary N) is 1. The lowest BCUT2D eigenvalue weighted by molar-refractivity contribution is -0.252. The molecule has 102 valence electrons. The van der Waals surface area contributed by atoms with Gasteiger partial charge in [-0.05, 0) is 45.6 Å². The summed E-state index contributed by atoms with van der Waals surface area (Å²) >= 11 is 0. The Kier molecular flexibility index (Phi) is 4.84. The van der Waals surface area contributed by atoms with Crippen LogP contribution in [-0.4, -0.2) is 31.5 Å². The molecule has 1 unspecified atom stereocenters. The van der Waals surface area contributed by atoms with Crippen LogP contribution in [0.5, 0.6) is 0 Å². The van der Waals surface area contributed by atoms with E-state index < -0.39 is 17.9 Å². The minimum absolute atomic E-state index is 0.486. The molecular formula is C12H22F3NO. The fourth-order valence-electron chi connectivity index (χ4n) is 2.39. The summed E-state index contributed by atoms with van der Waals surface area (Å²) in [5, 5.41) is 2.96. The lowest BCUT2D eigenvalue weighted by atomic mass is 9.79. The van der Waals surface area contributed by atoms with Crippen LogP contribution in [0.15, 0.2) is 0 Å². The fraction of sp³-hybridized carbons (Fsp3) is 1.00. The van der Waals surface area contributed by atoms with Crippen LogP contribution in [0.25, 0.3) is 0 Å². The van der Waals surface area contributed by atoms with E-state index in [1.165, 1.54) is 0 Å². The SMILES string of the molecule is CNCC1(OC(C)C(F)(F)F)CCC(C)CC1. The van der Waals surface area contributed by atoms with Crippen molar-refractivity contribution in [3.63, 3.8) is 0 Å². The van der Waals surface area contributed by atoms with Gasteiger partial charge in [-0.1, -0.05) is 6.92 Å². The zero-order valence-electron chi connectivity index (χ0n) is 10.7. The van der Waals surface area contributed by atoms with Gasteiger partial charge in [0.15, 0.2) is 6.10 Å². The lowest BCUT2D eigenvalue weighted by Gasteiger charge is -2.41. The highest BCUT2D eigenvalue weighted by molar-refractivity contribution is 4.89. The first-order valence-electron chi connectivity index (χ1n) is 6.18. The summed E-state index contributed by atoms with van der Waals surface area (Å²) in [6, 6.07) is 0. The number of rotatable bonds is 4. The van der Waals surface area contributed by atoms with E-state index in [0.717, 1.165) is 19.8 Å². The molecule has 0 amide bonds. The lowest BCUT2D eigenvalue weighted by Crippen LogP contribution is -2.49. The molecule has 0 aromatic carbocycles. The molecule has 1 aliphatic carbocycles. The van der Waals surface area contributed by atoms with Crippen molar-refractivity contribution < 1.29 is 17.9 Å². The van der Waals surface area contributed by atoms with E-state index in [2.05, 4.69) is 12.2 Å². The van der Waals surface area contributed by atoms with Crippen molar-refractivity contribution in [3.05, 3.63) is 0 Å². The molecular weight excluding hydrogens is 231 g/mol. The van der Waals surface area contributed by atoms with Crippen molar-refractivity contribution in [3.8, 4) is 0 Å². The molecule has 1 fully saturated rings. The molecule has 0 radical (unpaired) electrons. The van der Waals surface area contributed by atoms with Crippen LogP contribution >= 0.6 is 0 Å². The van der Waals surface area contributed by atoms with E-state index in [1.54, 1.807) is 7.05 Å². The van der Waals surface area contributed by atoms with Crippen LogP contribution in [0.2, 0.25) is 0 Å². The highest BCUT2D eigenvalue weighted by atomic mass is 19.4. The number of likely N-dealkylation sites (N-methyl/N-ethyl adjacent to an activating group) is 1. The molecule has 17 heavy (non-hydrogen) atoms. The largest absolute Gasteiger partial charge is 0.414 e. The third-order valence-corrected chi connectivity index (χ3v) is 3.57. The van der Waals surface area contributed by atoms with Crippen LogP contribution in [0.4, 0.5) is 13.2 Å². The van der Waals surface area contributed by atoms with Gasteiger partial charge in [-0.3, -0.25) is 0 Å². The van der Waals surface area contributed by atoms with Crippen LogP contribution in [0.1, 0.15) is 39.5 Å². The van der Waals surface area contributed by atoms with Gasteiger partial charge in [-0.25, -0.2) is 0 Å². The highest BCUT2D eigenvalue weighted by Crippen LogP contribution is 2.37. The van der Waals surface area contributed by atoms with Crippen LogP contribution in [-0.2, 0) is 4.74 Å². The Morgan fingerprint density at radius 2 is 1.88 bits per heavy atom. The zero-order valence-corrected chi connectivity index (χ0v) is 10.7. The Morgan fingerprint density at radius 3 is 2.29 bits per heavy atom. The summed E-state index contributed by atoms with van der Waals surface area (Å²) in [6.07, 6.45) is -2.68. The van der Waals surface area contributed by atoms with E-state index in [0.29, 0.717) is 25.3 Å². The van der Waals surface area contributed by atoms with E-state index in [9.17, 15) is 13.2 Å². The second-order valence-electron chi connectivity index (χ2n) is 5.20. The van der Waals surface area contributed by atoms with Crippen molar-refractivity contribution >= 4 is 0 Å². The molecule has 1 rings (SSSR count). The number of hydrogen-bond acceptors (Lipinski definition) is 2. The monoisotopic (exact) mass is 253 g/mol. The summed E-state index contributed by atoms with van der Waals surface area (Å²) in [6.45, 7) is 3.71. The molecule has 1 saturated carbocycles. The molecule has 1 atom stereocenters. The predicted octanol–water partition coefficient (Wildman–Crippen LogP) is 3.12. The maximum Gasteiger partial charge on any atom is 0.414 e. The van der Waals surface area contributed by atoms with Gasteiger partial charge < -0.3 is 10.1 Å². The van der Waals surface area contributed by atoms with Crippen LogP contribution in [0.3, 0.4) is 0 Å². The Balaban J connectivity index is 2.65. The van der Waals surface area contributed by atoms with Crippen molar-refractivity contribution in [2.75, 3.05) is 13.6 Å². The third kappa shape index (κ3) is 4.14. The highest BCUT2D eigenvalue weighted by Gasteiger charge is 2.44. The second-order valence-corrected chi connectivity index (χ2v) is 5.20. The summed E-state index contributed by atoms with van der Waals surface area (Å²) in [4.78, 5) is 0. The van der Waals surface area contributed by atoms with Gasteiger partial charge in [0.2, 0.25) is 0 Å². The molecule has 0 aromatic rings. The quantitative estimate of drug-likeness (QED) is 0.831. The molecule has 0 aromatic heterocycles. The Labute approximate surface area is 101 Å². The summed E-state index contributed by atoms with van der Waals surface area (Å²) in [7, 11) is 1.75. The first-order chi connectivity index (χ1) is 7.79. The Hall–Kier alpha value is -0.290. The Morgan fingerprint density at radius 1 is 1.35 bits per heavy atom. The molecule has 0 spiro atoms. The van der Waals surface area contributed by atoms with E-state index >= 15 is 0 Å². The van der Waals surface area contributed by atoms with E-state index in [-0.39, 0.29) is 0 Å². The molecule has 0 aliphatic heterocycles. The van der Waals surface area contributed by atoms with Gasteiger partial charge in [0, 0.05) is 6.54 Å². The molecule has 1 N–H and O–H groups in total. The molecule has 5 heteroatoms. The Bertz CT molecular complexity index is 234. The average molecular weight is 253 g/mol. The second kappa shape index (κ2) is 5.57. The van der Waals surface area contributed by atoms with Gasteiger partial charge in [0.25, 0.3) is 0 Å². The number of halogens is 3. The van der Waals surface area contributed by atoms with Crippen LogP contribution < -0.4 is 5.32 Å². The number of alkyl halides is 3. The van der Waals surface area contributed by atoms with Gasteiger partial charge >= 0.3 is 6.18 Å². The van der Waals surface area contributed by atoms with Crippen molar-refractivity contribution in [1.82, 2.24) is 5.32 Å². The molecule has 2 nitrogen and oxygen atoms in total. The maximum absolute atomic E-state index is 12.5. The van der Waals surface area contributed by atoms with Crippen molar-refractivity contribution in [2.24, 2.45) is 5.92 Å². The smallest absolute Gasteiger partial charge is 0.361 e. The van der Waals surface area contributed by atoms with Gasteiger partial charge in [0.1, 0.15) is 0 Å². The topological polar surface area (TPSA) is 21.3 Å². The molecule has 0 heterocycles. The van der Waals surface area contributed by atoms with Gasteiger partial charge in [0.05, 0.1) is 5.60 Å². The fourth-order valence-corrected chi connectivity index (χ4v) is 2.39. The predicted molar refractivity (Wildman–Crippen MR) is 60.9 cm³/mol. The first-order valence-corrected chi connectivity index (χ1v) is 6.18. The number of ether oxygens (including phenoxy) is 1. The minimum Gasteiger partial charge on any atom is -0.361 e. The zero-order chi connectivity index (χ0) is 13.1. The maximum atomic E-state index is 12.5. The van der Waals surface area contributed by atoms with Crippen molar-refractivity contribution in [2.45, 2.75) is 57.4 Å². The molecule has 0 saturated heterocycles. The third-order valence-electron chi connectivity index (χ3n) is 3.57. The van der Waals surface area contributed by atoms with Crippen LogP contribution in [0, 0.1) is 5.92 Å².